The average Bonchev–Trinajstić information content (AvgIpc) is 2.71. The van der Waals surface area contributed by atoms with Crippen molar-refractivity contribution in [3.05, 3.63) is 40.8 Å². The predicted molar refractivity (Wildman–Crippen MR) is 77.2 cm³/mol. The number of anilines is 1. The first-order chi connectivity index (χ1) is 9.08. The molecule has 5 heteroatoms. The number of H-pyrrole nitrogens is 1. The van der Waals surface area contributed by atoms with Crippen molar-refractivity contribution in [1.29, 1.82) is 0 Å². The van der Waals surface area contributed by atoms with Gasteiger partial charge in [-0.25, -0.2) is 4.98 Å². The minimum Gasteiger partial charge on any atom is -0.363 e. The van der Waals surface area contributed by atoms with Gasteiger partial charge in [0, 0.05) is 44.6 Å². The van der Waals surface area contributed by atoms with Crippen LogP contribution in [0.3, 0.4) is 0 Å². The minimum atomic E-state index is 0.810. The molecule has 0 aliphatic heterocycles. The van der Waals surface area contributed by atoms with Gasteiger partial charge in [-0.15, -0.1) is 0 Å². The van der Waals surface area contributed by atoms with Gasteiger partial charge in [0.1, 0.15) is 5.82 Å². The summed E-state index contributed by atoms with van der Waals surface area (Å²) in [6.07, 6.45) is 1.91. The van der Waals surface area contributed by atoms with Crippen LogP contribution < -0.4 is 10.2 Å². The van der Waals surface area contributed by atoms with E-state index in [-0.39, 0.29) is 0 Å². The highest BCUT2D eigenvalue weighted by Gasteiger charge is 2.05. The zero-order valence-electron chi connectivity index (χ0n) is 12.0. The van der Waals surface area contributed by atoms with Crippen molar-refractivity contribution in [1.82, 2.24) is 20.5 Å². The highest BCUT2D eigenvalue weighted by Crippen LogP contribution is 2.10. The fraction of sp³-hybridized carbons (Fsp3) is 0.429. The summed E-state index contributed by atoms with van der Waals surface area (Å²) < 4.78 is 0. The van der Waals surface area contributed by atoms with E-state index in [1.165, 1.54) is 11.1 Å². The number of aromatic amines is 1. The highest BCUT2D eigenvalue weighted by molar-refractivity contribution is 5.37. The molecule has 5 nitrogen and oxygen atoms in total. The first-order valence-corrected chi connectivity index (χ1v) is 6.41. The van der Waals surface area contributed by atoms with Crippen LogP contribution in [0.5, 0.6) is 0 Å². The lowest BCUT2D eigenvalue weighted by atomic mass is 10.2. The number of aromatic nitrogens is 3. The molecule has 0 aromatic carbocycles. The van der Waals surface area contributed by atoms with Crippen molar-refractivity contribution >= 4 is 5.82 Å². The zero-order valence-corrected chi connectivity index (χ0v) is 12.0. The lowest BCUT2D eigenvalue weighted by molar-refractivity contribution is 0.686. The van der Waals surface area contributed by atoms with Crippen molar-refractivity contribution < 1.29 is 0 Å². The summed E-state index contributed by atoms with van der Waals surface area (Å²) in [6, 6.07) is 4.13. The second kappa shape index (κ2) is 5.84. The molecule has 102 valence electrons. The Morgan fingerprint density at radius 1 is 1.21 bits per heavy atom. The number of hydrogen-bond acceptors (Lipinski definition) is 4. The molecule has 0 bridgehead atoms. The van der Waals surface area contributed by atoms with E-state index in [4.69, 9.17) is 0 Å². The largest absolute Gasteiger partial charge is 0.363 e. The van der Waals surface area contributed by atoms with Crippen LogP contribution in [0.25, 0.3) is 0 Å². The van der Waals surface area contributed by atoms with Gasteiger partial charge in [-0.2, -0.15) is 5.10 Å². The van der Waals surface area contributed by atoms with E-state index in [0.717, 1.165) is 30.3 Å². The third-order valence-electron chi connectivity index (χ3n) is 3.18. The molecule has 0 aliphatic carbocycles. The number of pyridine rings is 1. The van der Waals surface area contributed by atoms with Crippen molar-refractivity contribution in [2.24, 2.45) is 0 Å². The van der Waals surface area contributed by atoms with Gasteiger partial charge in [-0.05, 0) is 25.5 Å². The molecule has 0 fully saturated rings. The van der Waals surface area contributed by atoms with E-state index in [0.29, 0.717) is 0 Å². The molecule has 0 saturated carbocycles. The zero-order chi connectivity index (χ0) is 13.8. The van der Waals surface area contributed by atoms with Gasteiger partial charge in [-0.3, -0.25) is 5.10 Å². The topological polar surface area (TPSA) is 56.8 Å². The molecule has 0 amide bonds. The Morgan fingerprint density at radius 3 is 2.53 bits per heavy atom. The molecule has 0 spiro atoms. The number of aryl methyl sites for hydroxylation is 2. The molecule has 0 aliphatic rings. The van der Waals surface area contributed by atoms with Crippen LogP contribution in [0.2, 0.25) is 0 Å². The number of rotatable bonds is 5. The third kappa shape index (κ3) is 3.32. The Bertz CT molecular complexity index is 508. The van der Waals surface area contributed by atoms with Crippen LogP contribution in [-0.2, 0) is 13.1 Å². The van der Waals surface area contributed by atoms with Crippen molar-refractivity contribution in [2.75, 3.05) is 19.0 Å². The lowest BCUT2D eigenvalue weighted by Crippen LogP contribution is -2.15. The molecule has 0 radical (unpaired) electrons. The Morgan fingerprint density at radius 2 is 2.00 bits per heavy atom. The maximum Gasteiger partial charge on any atom is 0.127 e. The Labute approximate surface area is 114 Å². The molecule has 2 aromatic rings. The average molecular weight is 259 g/mol. The molecule has 0 saturated heterocycles. The summed E-state index contributed by atoms with van der Waals surface area (Å²) in [7, 11) is 3.98. The van der Waals surface area contributed by atoms with Crippen LogP contribution >= 0.6 is 0 Å². The van der Waals surface area contributed by atoms with E-state index in [2.05, 4.69) is 26.6 Å². The van der Waals surface area contributed by atoms with Crippen molar-refractivity contribution in [2.45, 2.75) is 26.9 Å². The molecule has 2 N–H and O–H groups in total. The van der Waals surface area contributed by atoms with Gasteiger partial charge in [0.25, 0.3) is 0 Å². The first-order valence-electron chi connectivity index (χ1n) is 6.41. The highest BCUT2D eigenvalue weighted by atomic mass is 15.1. The predicted octanol–water partition coefficient (Wildman–Crippen LogP) is 1.78. The van der Waals surface area contributed by atoms with Crippen LogP contribution in [0, 0.1) is 13.8 Å². The van der Waals surface area contributed by atoms with Gasteiger partial charge < -0.3 is 10.2 Å². The molecule has 0 unspecified atom stereocenters. The number of hydrogen-bond donors (Lipinski definition) is 2. The standard InChI is InChI=1S/C14H21N5/c1-10-13(11(2)18-17-10)9-15-7-12-5-6-14(16-8-12)19(3)4/h5-6,8,15H,7,9H2,1-4H3,(H,17,18). The van der Waals surface area contributed by atoms with Gasteiger partial charge in [0.05, 0.1) is 5.69 Å². The summed E-state index contributed by atoms with van der Waals surface area (Å²) in [5.41, 5.74) is 4.62. The van der Waals surface area contributed by atoms with Gasteiger partial charge in [0.15, 0.2) is 0 Å². The van der Waals surface area contributed by atoms with E-state index < -0.39 is 0 Å². The number of nitrogens with zero attached hydrogens (tertiary/aromatic N) is 3. The molecule has 19 heavy (non-hydrogen) atoms. The fourth-order valence-corrected chi connectivity index (χ4v) is 1.95. The van der Waals surface area contributed by atoms with E-state index >= 15 is 0 Å². The summed E-state index contributed by atoms with van der Waals surface area (Å²) in [5.74, 6) is 0.977. The Hall–Kier alpha value is -1.88. The summed E-state index contributed by atoms with van der Waals surface area (Å²) in [5, 5.41) is 10.6. The van der Waals surface area contributed by atoms with Crippen LogP contribution in [-0.4, -0.2) is 29.3 Å². The van der Waals surface area contributed by atoms with Crippen LogP contribution in [0.4, 0.5) is 5.82 Å². The maximum absolute atomic E-state index is 4.40. The van der Waals surface area contributed by atoms with Crippen molar-refractivity contribution in [3.8, 4) is 0 Å². The SMILES string of the molecule is Cc1n[nH]c(C)c1CNCc1ccc(N(C)C)nc1. The summed E-state index contributed by atoms with van der Waals surface area (Å²) >= 11 is 0. The summed E-state index contributed by atoms with van der Waals surface area (Å²) in [4.78, 5) is 6.39. The maximum atomic E-state index is 4.40. The Kier molecular flexibility index (Phi) is 4.16. The fourth-order valence-electron chi connectivity index (χ4n) is 1.95. The van der Waals surface area contributed by atoms with Crippen LogP contribution in [0.15, 0.2) is 18.3 Å². The second-order valence-electron chi connectivity index (χ2n) is 4.94. The monoisotopic (exact) mass is 259 g/mol. The second-order valence-corrected chi connectivity index (χ2v) is 4.94. The molecule has 2 aromatic heterocycles. The van der Waals surface area contributed by atoms with Gasteiger partial charge in [0.2, 0.25) is 0 Å². The molecule has 2 rings (SSSR count). The van der Waals surface area contributed by atoms with E-state index in [1.54, 1.807) is 0 Å². The van der Waals surface area contributed by atoms with Gasteiger partial charge >= 0.3 is 0 Å². The minimum absolute atomic E-state index is 0.810. The van der Waals surface area contributed by atoms with E-state index in [9.17, 15) is 0 Å². The van der Waals surface area contributed by atoms with Gasteiger partial charge in [-0.1, -0.05) is 6.07 Å². The smallest absolute Gasteiger partial charge is 0.127 e. The third-order valence-corrected chi connectivity index (χ3v) is 3.18. The van der Waals surface area contributed by atoms with Crippen molar-refractivity contribution in [3.63, 3.8) is 0 Å². The molecule has 0 atom stereocenters. The normalized spacial score (nSPS) is 10.7. The molecular weight excluding hydrogens is 238 g/mol. The quantitative estimate of drug-likeness (QED) is 0.859. The number of nitrogens with one attached hydrogen (secondary N) is 2. The first kappa shape index (κ1) is 13.5. The summed E-state index contributed by atoms with van der Waals surface area (Å²) in [6.45, 7) is 5.70. The molecular formula is C14H21N5. The van der Waals surface area contributed by atoms with Crippen LogP contribution in [0.1, 0.15) is 22.5 Å². The Balaban J connectivity index is 1.89. The van der Waals surface area contributed by atoms with E-state index in [1.807, 2.05) is 45.1 Å². The molecule has 2 heterocycles. The lowest BCUT2D eigenvalue weighted by Gasteiger charge is -2.11.